The van der Waals surface area contributed by atoms with Crippen LogP contribution >= 0.6 is 0 Å². The molecule has 0 aliphatic heterocycles. The van der Waals surface area contributed by atoms with Crippen molar-refractivity contribution in [2.75, 3.05) is 13.6 Å². The molecule has 108 valence electrons. The number of hydrogen-bond donors (Lipinski definition) is 2. The number of benzene rings is 1. The average Bonchev–Trinajstić information content (AvgIpc) is 2.95. The molecule has 1 aromatic carbocycles. The molecule has 0 unspecified atom stereocenters. The van der Waals surface area contributed by atoms with E-state index in [9.17, 15) is 8.42 Å². The van der Waals surface area contributed by atoms with Crippen LogP contribution in [0.4, 0.5) is 0 Å². The number of nitrogens with two attached hydrogens (primary N) is 1. The molecule has 5 nitrogen and oxygen atoms in total. The highest BCUT2D eigenvalue weighted by Gasteiger charge is 2.21. The molecule has 3 N–H and O–H groups in total. The lowest BCUT2D eigenvalue weighted by molar-refractivity contribution is 0.472. The predicted molar refractivity (Wildman–Crippen MR) is 78.6 cm³/mol. The minimum absolute atomic E-state index is 0.258. The Kier molecular flexibility index (Phi) is 4.59. The van der Waals surface area contributed by atoms with E-state index in [2.05, 4.69) is 4.98 Å². The van der Waals surface area contributed by atoms with Gasteiger partial charge in [0, 0.05) is 32.0 Å². The molecule has 0 saturated carbocycles. The Balaban J connectivity index is 2.05. The van der Waals surface area contributed by atoms with Crippen molar-refractivity contribution in [2.24, 2.45) is 5.73 Å². The summed E-state index contributed by atoms with van der Waals surface area (Å²) in [5.41, 5.74) is 7.30. The van der Waals surface area contributed by atoms with Gasteiger partial charge in [-0.15, -0.1) is 0 Å². The molecule has 1 aromatic heterocycles. The number of likely N-dealkylation sites (N-methyl/N-ethyl adjacent to an activating group) is 1. The molecular weight excluding hydrogens is 274 g/mol. The summed E-state index contributed by atoms with van der Waals surface area (Å²) in [5, 5.41) is 0. The van der Waals surface area contributed by atoms with Crippen molar-refractivity contribution in [1.29, 1.82) is 0 Å². The maximum Gasteiger partial charge on any atom is 0.244 e. The first-order valence-electron chi connectivity index (χ1n) is 6.41. The van der Waals surface area contributed by atoms with E-state index in [4.69, 9.17) is 5.73 Å². The van der Waals surface area contributed by atoms with Crippen molar-refractivity contribution in [3.63, 3.8) is 0 Å². The van der Waals surface area contributed by atoms with Crippen molar-refractivity contribution in [3.05, 3.63) is 53.9 Å². The number of sulfonamides is 1. The number of rotatable bonds is 6. The maximum atomic E-state index is 12.3. The molecule has 0 spiro atoms. The fourth-order valence-electron chi connectivity index (χ4n) is 1.92. The molecule has 20 heavy (non-hydrogen) atoms. The highest BCUT2D eigenvalue weighted by atomic mass is 32.2. The van der Waals surface area contributed by atoms with E-state index < -0.39 is 10.0 Å². The van der Waals surface area contributed by atoms with E-state index in [1.165, 1.54) is 10.5 Å². The summed E-state index contributed by atoms with van der Waals surface area (Å²) in [5.74, 6) is 0. The number of aromatic nitrogens is 1. The highest BCUT2D eigenvalue weighted by Crippen LogP contribution is 2.15. The zero-order valence-electron chi connectivity index (χ0n) is 11.4. The van der Waals surface area contributed by atoms with Gasteiger partial charge in [-0.3, -0.25) is 0 Å². The molecule has 1 heterocycles. The second-order valence-corrected chi connectivity index (χ2v) is 6.67. The third-order valence-corrected chi connectivity index (χ3v) is 5.04. The largest absolute Gasteiger partial charge is 0.363 e. The van der Waals surface area contributed by atoms with Gasteiger partial charge in [-0.2, -0.15) is 0 Å². The Hall–Kier alpha value is -1.63. The van der Waals surface area contributed by atoms with Crippen LogP contribution < -0.4 is 5.73 Å². The van der Waals surface area contributed by atoms with Gasteiger partial charge in [0.1, 0.15) is 0 Å². The zero-order chi connectivity index (χ0) is 14.6. The standard InChI is InChI=1S/C14H19N3O2S/c1-17(8-7-12-5-3-2-4-6-12)20(18,19)14-9-13(10-15)16-11-14/h2-6,9,11,16H,7-8,10,15H2,1H3. The molecule has 2 rings (SSSR count). The van der Waals surface area contributed by atoms with Crippen LogP contribution in [0, 0.1) is 0 Å². The van der Waals surface area contributed by atoms with Crippen LogP contribution in [0.2, 0.25) is 0 Å². The molecule has 6 heteroatoms. The Bertz CT molecular complexity index is 650. The van der Waals surface area contributed by atoms with Gasteiger partial charge in [0.2, 0.25) is 10.0 Å². The summed E-state index contributed by atoms with van der Waals surface area (Å²) in [6.45, 7) is 0.735. The lowest BCUT2D eigenvalue weighted by atomic mass is 10.2. The van der Waals surface area contributed by atoms with Crippen LogP contribution in [-0.2, 0) is 23.0 Å². The van der Waals surface area contributed by atoms with Crippen LogP contribution in [0.15, 0.2) is 47.5 Å². The van der Waals surface area contributed by atoms with Crippen LogP contribution in [0.1, 0.15) is 11.3 Å². The first kappa shape index (κ1) is 14.8. The van der Waals surface area contributed by atoms with E-state index in [0.717, 1.165) is 5.56 Å². The Morgan fingerprint density at radius 1 is 1.25 bits per heavy atom. The number of nitrogens with zero attached hydrogens (tertiary/aromatic N) is 1. The Morgan fingerprint density at radius 2 is 1.95 bits per heavy atom. The normalized spacial score (nSPS) is 11.9. The molecule has 0 atom stereocenters. The summed E-state index contributed by atoms with van der Waals surface area (Å²) >= 11 is 0. The first-order chi connectivity index (χ1) is 9.54. The van der Waals surface area contributed by atoms with Gasteiger partial charge in [0.15, 0.2) is 0 Å². The van der Waals surface area contributed by atoms with Gasteiger partial charge in [-0.25, -0.2) is 12.7 Å². The van der Waals surface area contributed by atoms with Gasteiger partial charge in [-0.1, -0.05) is 30.3 Å². The predicted octanol–water partition coefficient (Wildman–Crippen LogP) is 1.34. The Morgan fingerprint density at radius 3 is 2.55 bits per heavy atom. The lowest BCUT2D eigenvalue weighted by Gasteiger charge is -2.16. The van der Waals surface area contributed by atoms with E-state index in [1.54, 1.807) is 13.1 Å². The fourth-order valence-corrected chi connectivity index (χ4v) is 3.11. The summed E-state index contributed by atoms with van der Waals surface area (Å²) in [6.07, 6.45) is 2.17. The third kappa shape index (κ3) is 3.27. The molecule has 2 aromatic rings. The first-order valence-corrected chi connectivity index (χ1v) is 7.85. The van der Waals surface area contributed by atoms with Crippen molar-refractivity contribution in [3.8, 4) is 0 Å². The van der Waals surface area contributed by atoms with E-state index in [0.29, 0.717) is 25.2 Å². The van der Waals surface area contributed by atoms with Crippen molar-refractivity contribution >= 4 is 10.0 Å². The molecule has 0 amide bonds. The SMILES string of the molecule is CN(CCc1ccccc1)S(=O)(=O)c1c[nH]c(CN)c1. The van der Waals surface area contributed by atoms with E-state index >= 15 is 0 Å². The van der Waals surface area contributed by atoms with E-state index in [-0.39, 0.29) is 4.90 Å². The van der Waals surface area contributed by atoms with Crippen molar-refractivity contribution in [2.45, 2.75) is 17.9 Å². The molecule has 0 radical (unpaired) electrons. The van der Waals surface area contributed by atoms with Gasteiger partial charge in [0.25, 0.3) is 0 Å². The van der Waals surface area contributed by atoms with Crippen LogP contribution in [0.25, 0.3) is 0 Å². The smallest absolute Gasteiger partial charge is 0.244 e. The summed E-state index contributed by atoms with van der Waals surface area (Å²) in [4.78, 5) is 3.12. The molecule has 0 bridgehead atoms. The van der Waals surface area contributed by atoms with Crippen LogP contribution in [0.3, 0.4) is 0 Å². The van der Waals surface area contributed by atoms with E-state index in [1.807, 2.05) is 30.3 Å². The van der Waals surface area contributed by atoms with Gasteiger partial charge < -0.3 is 10.7 Å². The number of hydrogen-bond acceptors (Lipinski definition) is 3. The number of aromatic amines is 1. The van der Waals surface area contributed by atoms with Crippen LogP contribution in [-0.4, -0.2) is 31.3 Å². The minimum atomic E-state index is -3.45. The highest BCUT2D eigenvalue weighted by molar-refractivity contribution is 7.89. The molecule has 0 saturated heterocycles. The number of H-pyrrole nitrogens is 1. The Labute approximate surface area is 119 Å². The monoisotopic (exact) mass is 293 g/mol. The van der Waals surface area contributed by atoms with Crippen molar-refractivity contribution < 1.29 is 8.42 Å². The summed E-state index contributed by atoms with van der Waals surface area (Å²) in [7, 11) is -1.86. The fraction of sp³-hybridized carbons (Fsp3) is 0.286. The maximum absolute atomic E-state index is 12.3. The summed E-state index contributed by atoms with van der Waals surface area (Å²) in [6, 6.07) is 11.4. The number of nitrogens with one attached hydrogen (secondary N) is 1. The van der Waals surface area contributed by atoms with Crippen molar-refractivity contribution in [1.82, 2.24) is 9.29 Å². The zero-order valence-corrected chi connectivity index (χ0v) is 12.2. The molecular formula is C14H19N3O2S. The van der Waals surface area contributed by atoms with Gasteiger partial charge in [0.05, 0.1) is 4.90 Å². The molecule has 0 fully saturated rings. The minimum Gasteiger partial charge on any atom is -0.363 e. The second kappa shape index (κ2) is 6.21. The summed E-state index contributed by atoms with van der Waals surface area (Å²) < 4.78 is 26.1. The van der Waals surface area contributed by atoms with Crippen LogP contribution in [0.5, 0.6) is 0 Å². The average molecular weight is 293 g/mol. The second-order valence-electron chi connectivity index (χ2n) is 4.63. The molecule has 0 aliphatic rings. The lowest BCUT2D eigenvalue weighted by Crippen LogP contribution is -2.28. The molecule has 0 aliphatic carbocycles. The van der Waals surface area contributed by atoms with Gasteiger partial charge in [-0.05, 0) is 18.1 Å². The topological polar surface area (TPSA) is 79.2 Å². The third-order valence-electron chi connectivity index (χ3n) is 3.20. The quantitative estimate of drug-likeness (QED) is 0.843. The van der Waals surface area contributed by atoms with Gasteiger partial charge >= 0.3 is 0 Å².